The summed E-state index contributed by atoms with van der Waals surface area (Å²) in [5, 5.41) is 16.7. The highest BCUT2D eigenvalue weighted by Gasteiger charge is 2.33. The summed E-state index contributed by atoms with van der Waals surface area (Å²) in [5.74, 6) is 2.54. The van der Waals surface area contributed by atoms with E-state index in [-0.39, 0.29) is 5.78 Å². The van der Waals surface area contributed by atoms with Crippen LogP contribution in [-0.2, 0) is 0 Å². The van der Waals surface area contributed by atoms with E-state index in [0.717, 1.165) is 36.8 Å². The number of aromatic amines is 2. The van der Waals surface area contributed by atoms with Gasteiger partial charge in [0, 0.05) is 23.2 Å². The molecule has 2 fully saturated rings. The Balaban J connectivity index is 1.42. The Morgan fingerprint density at radius 3 is 1.56 bits per heavy atom. The van der Waals surface area contributed by atoms with Crippen LogP contribution in [0.1, 0.15) is 87.7 Å². The summed E-state index contributed by atoms with van der Waals surface area (Å²) >= 11 is 0. The number of ketones is 1. The van der Waals surface area contributed by atoms with Crippen molar-refractivity contribution < 1.29 is 13.6 Å². The second-order valence-electron chi connectivity index (χ2n) is 9.00. The summed E-state index contributed by atoms with van der Waals surface area (Å²) < 4.78 is 11.8. The maximum Gasteiger partial charge on any atom is 0.264 e. The van der Waals surface area contributed by atoms with Crippen molar-refractivity contribution in [3.05, 3.63) is 58.6 Å². The zero-order valence-electron chi connectivity index (χ0n) is 19.1. The van der Waals surface area contributed by atoms with E-state index in [9.17, 15) is 4.79 Å². The Morgan fingerprint density at radius 2 is 1.21 bits per heavy atom. The third-order valence-electron chi connectivity index (χ3n) is 6.58. The predicted molar refractivity (Wildman–Crippen MR) is 125 cm³/mol. The number of carbonyl (C=O) groups is 1. The molecule has 0 atom stereocenters. The largest absolute Gasteiger partial charge is 0.419 e. The van der Waals surface area contributed by atoms with Crippen molar-refractivity contribution in [2.24, 2.45) is 0 Å². The first-order chi connectivity index (χ1) is 16.5. The summed E-state index contributed by atoms with van der Waals surface area (Å²) in [6, 6.07) is 0. The SMILES string of the molecule is C=Cc1[nH]c(-c2nnc(C3CC3)o2)c(C)c1C(=O)c1c(C=C)[nH]c(-c2nnc(C3CC3)o2)c1C. The molecule has 0 radical (unpaired) electrons. The molecular formula is C25H24N6O3. The van der Waals surface area contributed by atoms with Crippen LogP contribution in [0.15, 0.2) is 22.0 Å². The van der Waals surface area contributed by atoms with E-state index < -0.39 is 0 Å². The zero-order chi connectivity index (χ0) is 23.6. The standard InChI is InChI=1S/C25H24N6O3/c1-5-15-17(11(3)19(26-15)24-30-28-22(33-24)13-7-8-13)21(32)18-12(4)20(27-16(18)6-2)25-31-29-23(34-25)14-9-10-14/h5-6,13-14,26-27H,1-2,7-10H2,3-4H3. The van der Waals surface area contributed by atoms with E-state index >= 15 is 0 Å². The normalized spacial score (nSPS) is 15.6. The van der Waals surface area contributed by atoms with Gasteiger partial charge in [-0.15, -0.1) is 20.4 Å². The third kappa shape index (κ3) is 3.19. The number of nitrogens with one attached hydrogen (secondary N) is 2. The van der Waals surface area contributed by atoms with E-state index in [2.05, 4.69) is 43.5 Å². The number of H-pyrrole nitrogens is 2. The molecule has 9 heteroatoms. The highest BCUT2D eigenvalue weighted by atomic mass is 16.4. The number of hydrogen-bond donors (Lipinski definition) is 2. The highest BCUT2D eigenvalue weighted by molar-refractivity contribution is 6.15. The molecule has 0 aromatic carbocycles. The summed E-state index contributed by atoms with van der Waals surface area (Å²) in [5.41, 5.74) is 4.86. The maximum atomic E-state index is 13.9. The topological polar surface area (TPSA) is 126 Å². The Hall–Kier alpha value is -4.01. The molecule has 2 aliphatic carbocycles. The zero-order valence-corrected chi connectivity index (χ0v) is 19.1. The molecule has 2 N–H and O–H groups in total. The van der Waals surface area contributed by atoms with E-state index in [1.165, 1.54) is 0 Å². The van der Waals surface area contributed by atoms with Crippen LogP contribution in [0.25, 0.3) is 35.3 Å². The van der Waals surface area contributed by atoms with Gasteiger partial charge in [0.25, 0.3) is 11.8 Å². The molecule has 34 heavy (non-hydrogen) atoms. The molecule has 6 rings (SSSR count). The molecule has 0 saturated heterocycles. The van der Waals surface area contributed by atoms with Gasteiger partial charge in [0.15, 0.2) is 5.78 Å². The summed E-state index contributed by atoms with van der Waals surface area (Å²) in [6.07, 6.45) is 7.50. The van der Waals surface area contributed by atoms with Crippen LogP contribution in [0.2, 0.25) is 0 Å². The smallest absolute Gasteiger partial charge is 0.264 e. The van der Waals surface area contributed by atoms with Gasteiger partial charge >= 0.3 is 0 Å². The third-order valence-corrected chi connectivity index (χ3v) is 6.58. The van der Waals surface area contributed by atoms with Crippen LogP contribution in [0.4, 0.5) is 0 Å². The quantitative estimate of drug-likeness (QED) is 0.343. The second-order valence-corrected chi connectivity index (χ2v) is 9.00. The lowest BCUT2D eigenvalue weighted by atomic mass is 9.96. The first-order valence-corrected chi connectivity index (χ1v) is 11.4. The first-order valence-electron chi connectivity index (χ1n) is 11.4. The van der Waals surface area contributed by atoms with Crippen LogP contribution in [0.3, 0.4) is 0 Å². The summed E-state index contributed by atoms with van der Waals surface area (Å²) in [6.45, 7) is 11.5. The van der Waals surface area contributed by atoms with Crippen molar-refractivity contribution in [3.63, 3.8) is 0 Å². The van der Waals surface area contributed by atoms with Crippen LogP contribution in [0.5, 0.6) is 0 Å². The summed E-state index contributed by atoms with van der Waals surface area (Å²) in [7, 11) is 0. The molecule has 172 valence electrons. The van der Waals surface area contributed by atoms with E-state index in [1.54, 1.807) is 12.2 Å². The number of aromatic nitrogens is 6. The fraction of sp³-hybridized carbons (Fsp3) is 0.320. The molecule has 2 aliphatic rings. The molecule has 4 aromatic rings. The molecule has 9 nitrogen and oxygen atoms in total. The van der Waals surface area contributed by atoms with E-state index in [1.807, 2.05) is 13.8 Å². The molecule has 0 aliphatic heterocycles. The van der Waals surface area contributed by atoms with Crippen molar-refractivity contribution >= 4 is 17.9 Å². The lowest BCUT2D eigenvalue weighted by Gasteiger charge is -2.04. The molecule has 2 saturated carbocycles. The number of carbonyl (C=O) groups excluding carboxylic acids is 1. The van der Waals surface area contributed by atoms with Gasteiger partial charge in [-0.3, -0.25) is 4.79 Å². The van der Waals surface area contributed by atoms with Gasteiger partial charge in [-0.05, 0) is 62.8 Å². The number of hydrogen-bond acceptors (Lipinski definition) is 7. The maximum absolute atomic E-state index is 13.9. The van der Waals surface area contributed by atoms with Crippen molar-refractivity contribution in [2.75, 3.05) is 0 Å². The Bertz CT molecular complexity index is 1350. The van der Waals surface area contributed by atoms with Crippen LogP contribution in [0, 0.1) is 13.8 Å². The molecular weight excluding hydrogens is 432 g/mol. The van der Waals surface area contributed by atoms with E-state index in [4.69, 9.17) is 8.83 Å². The van der Waals surface area contributed by atoms with Gasteiger partial charge in [-0.2, -0.15) is 0 Å². The van der Waals surface area contributed by atoms with Gasteiger partial charge in [0.2, 0.25) is 11.8 Å². The van der Waals surface area contributed by atoms with Gasteiger partial charge in [0.05, 0.1) is 11.1 Å². The van der Waals surface area contributed by atoms with Crippen LogP contribution >= 0.6 is 0 Å². The number of nitrogens with zero attached hydrogens (tertiary/aromatic N) is 4. The number of rotatable bonds is 8. The van der Waals surface area contributed by atoms with Crippen molar-refractivity contribution in [1.82, 2.24) is 30.4 Å². The lowest BCUT2D eigenvalue weighted by Crippen LogP contribution is -2.06. The van der Waals surface area contributed by atoms with Gasteiger partial charge in [0.1, 0.15) is 11.4 Å². The van der Waals surface area contributed by atoms with E-state index in [0.29, 0.717) is 69.3 Å². The average Bonchev–Trinajstić information content (AvgIpc) is 3.70. The first kappa shape index (κ1) is 20.6. The minimum Gasteiger partial charge on any atom is -0.419 e. The molecule has 0 bridgehead atoms. The van der Waals surface area contributed by atoms with Crippen molar-refractivity contribution in [2.45, 2.75) is 51.4 Å². The fourth-order valence-electron chi connectivity index (χ4n) is 4.34. The van der Waals surface area contributed by atoms with Gasteiger partial charge in [-0.25, -0.2) is 0 Å². The summed E-state index contributed by atoms with van der Waals surface area (Å²) in [4.78, 5) is 20.4. The second kappa shape index (κ2) is 7.51. The minimum atomic E-state index is -0.173. The Morgan fingerprint density at radius 1 is 0.794 bits per heavy atom. The molecule has 4 aromatic heterocycles. The van der Waals surface area contributed by atoms with Crippen molar-refractivity contribution in [1.29, 1.82) is 0 Å². The monoisotopic (exact) mass is 456 g/mol. The molecule has 0 spiro atoms. The van der Waals surface area contributed by atoms with Crippen LogP contribution < -0.4 is 0 Å². The minimum absolute atomic E-state index is 0.173. The highest BCUT2D eigenvalue weighted by Crippen LogP contribution is 2.42. The van der Waals surface area contributed by atoms with Crippen LogP contribution in [-0.4, -0.2) is 36.1 Å². The molecule has 0 amide bonds. The fourth-order valence-corrected chi connectivity index (χ4v) is 4.34. The predicted octanol–water partition coefficient (Wildman–Crippen LogP) is 5.33. The van der Waals surface area contributed by atoms with Crippen molar-refractivity contribution in [3.8, 4) is 23.2 Å². The average molecular weight is 457 g/mol. The van der Waals surface area contributed by atoms with Gasteiger partial charge in [-0.1, -0.05) is 13.2 Å². The molecule has 0 unspecified atom stereocenters. The Kier molecular flexibility index (Phi) is 4.55. The van der Waals surface area contributed by atoms with Gasteiger partial charge < -0.3 is 18.8 Å². The molecule has 4 heterocycles. The lowest BCUT2D eigenvalue weighted by molar-refractivity contribution is 0.103. The Labute approximate surface area is 195 Å².